The van der Waals surface area contributed by atoms with E-state index in [2.05, 4.69) is 0 Å². The SMILES string of the molecule is CN(Cc1ccc(Cl)cc1)C(=O)CN1c2ccc(F)cc2-c2ccccc2S1(=O)=O. The van der Waals surface area contributed by atoms with Gasteiger partial charge < -0.3 is 4.90 Å². The molecule has 3 aromatic rings. The van der Waals surface area contributed by atoms with Crippen molar-refractivity contribution in [1.82, 2.24) is 4.90 Å². The first-order valence-electron chi connectivity index (χ1n) is 9.17. The number of carbonyl (C=O) groups excluding carboxylic acids is 1. The van der Waals surface area contributed by atoms with Gasteiger partial charge in [-0.3, -0.25) is 9.10 Å². The lowest BCUT2D eigenvalue weighted by Gasteiger charge is -2.32. The quantitative estimate of drug-likeness (QED) is 0.602. The molecule has 1 aliphatic heterocycles. The summed E-state index contributed by atoms with van der Waals surface area (Å²) in [6.45, 7) is -0.0872. The smallest absolute Gasteiger partial charge is 0.265 e. The Bertz CT molecular complexity index is 1230. The van der Waals surface area contributed by atoms with Crippen LogP contribution in [0.5, 0.6) is 0 Å². The topological polar surface area (TPSA) is 57.7 Å². The van der Waals surface area contributed by atoms with E-state index in [0.29, 0.717) is 22.7 Å². The van der Waals surface area contributed by atoms with Gasteiger partial charge in [0.25, 0.3) is 10.0 Å². The molecule has 0 bridgehead atoms. The van der Waals surface area contributed by atoms with Gasteiger partial charge in [-0.25, -0.2) is 12.8 Å². The van der Waals surface area contributed by atoms with Crippen LogP contribution in [0.25, 0.3) is 11.1 Å². The van der Waals surface area contributed by atoms with Crippen molar-refractivity contribution in [3.8, 4) is 11.1 Å². The second-order valence-corrected chi connectivity index (χ2v) is 9.31. The van der Waals surface area contributed by atoms with Gasteiger partial charge in [-0.05, 0) is 42.0 Å². The molecular weight excluding hydrogens is 427 g/mol. The minimum Gasteiger partial charge on any atom is -0.340 e. The Kier molecular flexibility index (Phi) is 5.26. The fourth-order valence-electron chi connectivity index (χ4n) is 3.47. The van der Waals surface area contributed by atoms with Crippen LogP contribution in [-0.2, 0) is 21.4 Å². The summed E-state index contributed by atoms with van der Waals surface area (Å²) in [5, 5.41) is 0.592. The lowest BCUT2D eigenvalue weighted by atomic mass is 10.0. The number of amides is 1. The fraction of sp³-hybridized carbons (Fsp3) is 0.136. The molecule has 0 aromatic heterocycles. The number of likely N-dealkylation sites (N-methyl/N-ethyl adjacent to an activating group) is 1. The van der Waals surface area contributed by atoms with E-state index in [1.54, 1.807) is 49.5 Å². The summed E-state index contributed by atoms with van der Waals surface area (Å²) in [5.41, 5.74) is 2.01. The number of carbonyl (C=O) groups is 1. The van der Waals surface area contributed by atoms with Gasteiger partial charge in [-0.15, -0.1) is 0 Å². The molecule has 0 atom stereocenters. The van der Waals surface area contributed by atoms with Gasteiger partial charge in [0.05, 0.1) is 10.6 Å². The van der Waals surface area contributed by atoms with Crippen LogP contribution in [0.2, 0.25) is 5.02 Å². The van der Waals surface area contributed by atoms with Gasteiger partial charge >= 0.3 is 0 Å². The maximum Gasteiger partial charge on any atom is 0.265 e. The molecule has 0 radical (unpaired) electrons. The highest BCUT2D eigenvalue weighted by molar-refractivity contribution is 7.93. The number of anilines is 1. The Balaban J connectivity index is 1.67. The molecule has 0 aliphatic carbocycles. The molecule has 0 unspecified atom stereocenters. The largest absolute Gasteiger partial charge is 0.340 e. The molecule has 5 nitrogen and oxygen atoms in total. The lowest BCUT2D eigenvalue weighted by molar-refractivity contribution is -0.128. The molecule has 4 rings (SSSR count). The third-order valence-electron chi connectivity index (χ3n) is 5.01. The van der Waals surface area contributed by atoms with Crippen LogP contribution >= 0.6 is 11.6 Å². The van der Waals surface area contributed by atoms with Crippen LogP contribution in [0.3, 0.4) is 0 Å². The molecule has 30 heavy (non-hydrogen) atoms. The van der Waals surface area contributed by atoms with Crippen molar-refractivity contribution in [2.24, 2.45) is 0 Å². The lowest BCUT2D eigenvalue weighted by Crippen LogP contribution is -2.43. The Labute approximate surface area is 179 Å². The number of sulfonamides is 1. The zero-order valence-electron chi connectivity index (χ0n) is 16.0. The summed E-state index contributed by atoms with van der Waals surface area (Å²) >= 11 is 5.89. The standard InChI is InChI=1S/C22H18ClFN2O3S/c1-25(13-15-6-8-16(23)9-7-15)22(27)14-26-20-11-10-17(24)12-19(20)18-4-2-3-5-21(18)30(26,28)29/h2-12H,13-14H2,1H3. The first kappa shape index (κ1) is 20.4. The molecule has 3 aromatic carbocycles. The van der Waals surface area contributed by atoms with Gasteiger partial charge in [-0.1, -0.05) is 41.9 Å². The number of fused-ring (bicyclic) bond motifs is 3. The van der Waals surface area contributed by atoms with E-state index in [9.17, 15) is 17.6 Å². The van der Waals surface area contributed by atoms with Gasteiger partial charge in [-0.2, -0.15) is 0 Å². The second-order valence-electron chi connectivity index (χ2n) is 7.05. The molecule has 1 heterocycles. The van der Waals surface area contributed by atoms with E-state index < -0.39 is 15.8 Å². The first-order chi connectivity index (χ1) is 14.3. The van der Waals surface area contributed by atoms with E-state index >= 15 is 0 Å². The first-order valence-corrected chi connectivity index (χ1v) is 11.0. The molecule has 8 heteroatoms. The zero-order valence-corrected chi connectivity index (χ0v) is 17.6. The van der Waals surface area contributed by atoms with Crippen molar-refractivity contribution in [3.63, 3.8) is 0 Å². The van der Waals surface area contributed by atoms with Gasteiger partial charge in [0.1, 0.15) is 12.4 Å². The molecular formula is C22H18ClFN2O3S. The summed E-state index contributed by atoms with van der Waals surface area (Å²) in [4.78, 5) is 14.4. The summed E-state index contributed by atoms with van der Waals surface area (Å²) in [6.07, 6.45) is 0. The Morgan fingerprint density at radius 3 is 2.47 bits per heavy atom. The highest BCUT2D eigenvalue weighted by Crippen LogP contribution is 2.43. The van der Waals surface area contributed by atoms with Crippen molar-refractivity contribution in [2.45, 2.75) is 11.4 Å². The van der Waals surface area contributed by atoms with E-state index in [1.165, 1.54) is 29.2 Å². The third kappa shape index (κ3) is 3.66. The predicted molar refractivity (Wildman–Crippen MR) is 114 cm³/mol. The number of rotatable bonds is 4. The van der Waals surface area contributed by atoms with Crippen LogP contribution in [-0.4, -0.2) is 32.8 Å². The van der Waals surface area contributed by atoms with Crippen LogP contribution in [0.1, 0.15) is 5.56 Å². The molecule has 154 valence electrons. The van der Waals surface area contributed by atoms with E-state index in [0.717, 1.165) is 9.87 Å². The molecule has 1 amide bonds. The monoisotopic (exact) mass is 444 g/mol. The van der Waals surface area contributed by atoms with Crippen molar-refractivity contribution in [2.75, 3.05) is 17.9 Å². The number of hydrogen-bond acceptors (Lipinski definition) is 3. The molecule has 0 fully saturated rings. The molecule has 0 spiro atoms. The van der Waals surface area contributed by atoms with E-state index in [-0.39, 0.29) is 23.0 Å². The number of halogens is 2. The average Bonchev–Trinajstić information content (AvgIpc) is 2.73. The Morgan fingerprint density at radius 2 is 1.73 bits per heavy atom. The van der Waals surface area contributed by atoms with Gasteiger partial charge in [0.15, 0.2) is 0 Å². The molecule has 0 saturated carbocycles. The van der Waals surface area contributed by atoms with Crippen LogP contribution in [0, 0.1) is 5.82 Å². The summed E-state index contributed by atoms with van der Waals surface area (Å²) in [5.74, 6) is -0.864. The highest BCUT2D eigenvalue weighted by atomic mass is 35.5. The summed E-state index contributed by atoms with van der Waals surface area (Å²) in [6, 6.07) is 17.3. The van der Waals surface area contributed by atoms with Crippen molar-refractivity contribution < 1.29 is 17.6 Å². The van der Waals surface area contributed by atoms with Crippen molar-refractivity contribution >= 4 is 33.2 Å². The van der Waals surface area contributed by atoms with Gasteiger partial charge in [0.2, 0.25) is 5.91 Å². The minimum absolute atomic E-state index is 0.0521. The Morgan fingerprint density at radius 1 is 1.03 bits per heavy atom. The average molecular weight is 445 g/mol. The molecule has 1 aliphatic rings. The maximum absolute atomic E-state index is 13.9. The number of benzene rings is 3. The summed E-state index contributed by atoms with van der Waals surface area (Å²) in [7, 11) is -2.37. The van der Waals surface area contributed by atoms with Crippen molar-refractivity contribution in [1.29, 1.82) is 0 Å². The van der Waals surface area contributed by atoms with E-state index in [4.69, 9.17) is 11.6 Å². The second kappa shape index (κ2) is 7.74. The molecule has 0 saturated heterocycles. The van der Waals surface area contributed by atoms with Crippen LogP contribution in [0.4, 0.5) is 10.1 Å². The minimum atomic E-state index is -3.97. The van der Waals surface area contributed by atoms with Crippen LogP contribution < -0.4 is 4.31 Å². The normalized spacial score (nSPS) is 14.0. The predicted octanol–water partition coefficient (Wildman–Crippen LogP) is 4.31. The molecule has 0 N–H and O–H groups in total. The summed E-state index contributed by atoms with van der Waals surface area (Å²) < 4.78 is 41.5. The fourth-order valence-corrected chi connectivity index (χ4v) is 5.24. The third-order valence-corrected chi connectivity index (χ3v) is 7.08. The van der Waals surface area contributed by atoms with Crippen LogP contribution in [0.15, 0.2) is 71.6 Å². The highest BCUT2D eigenvalue weighted by Gasteiger charge is 2.36. The number of hydrogen-bond donors (Lipinski definition) is 0. The number of nitrogens with zero attached hydrogens (tertiary/aromatic N) is 2. The zero-order chi connectivity index (χ0) is 21.5. The van der Waals surface area contributed by atoms with Crippen molar-refractivity contribution in [3.05, 3.63) is 83.1 Å². The maximum atomic E-state index is 13.9. The van der Waals surface area contributed by atoms with Gasteiger partial charge in [0, 0.05) is 29.7 Å². The Hall–Kier alpha value is -2.90. The van der Waals surface area contributed by atoms with E-state index in [1.807, 2.05) is 0 Å².